The molecule has 0 bridgehead atoms. The highest BCUT2D eigenvalue weighted by molar-refractivity contribution is 9.10. The molecule has 0 spiro atoms. The van der Waals surface area contributed by atoms with Crippen LogP contribution in [0, 0.1) is 18.6 Å². The molecule has 0 aliphatic carbocycles. The lowest BCUT2D eigenvalue weighted by Gasteiger charge is -2.12. The molecule has 0 aliphatic rings. The van der Waals surface area contributed by atoms with E-state index in [1.165, 1.54) is 6.07 Å². The fourth-order valence-corrected chi connectivity index (χ4v) is 1.98. The van der Waals surface area contributed by atoms with Gasteiger partial charge in [0.2, 0.25) is 5.95 Å². The molecule has 0 fully saturated rings. The van der Waals surface area contributed by atoms with Crippen LogP contribution in [-0.2, 0) is 0 Å². The van der Waals surface area contributed by atoms with E-state index >= 15 is 0 Å². The van der Waals surface area contributed by atoms with Gasteiger partial charge in [0.15, 0.2) is 0 Å². The summed E-state index contributed by atoms with van der Waals surface area (Å²) in [5.41, 5.74) is 0.906. The summed E-state index contributed by atoms with van der Waals surface area (Å²) in [6, 6.07) is 2.16. The number of rotatable bonds is 5. The zero-order valence-corrected chi connectivity index (χ0v) is 13.3. The second-order valence-corrected chi connectivity index (χ2v) is 5.38. The van der Waals surface area contributed by atoms with E-state index in [9.17, 15) is 8.78 Å². The van der Waals surface area contributed by atoms with Crippen molar-refractivity contribution in [3.8, 4) is 0 Å². The van der Waals surface area contributed by atoms with Crippen molar-refractivity contribution in [1.82, 2.24) is 9.97 Å². The van der Waals surface area contributed by atoms with E-state index in [2.05, 4.69) is 36.5 Å². The molecule has 0 saturated heterocycles. The molecule has 0 unspecified atom stereocenters. The Morgan fingerprint density at radius 3 is 2.71 bits per heavy atom. The molecule has 2 N–H and O–H groups in total. The topological polar surface area (TPSA) is 49.8 Å². The van der Waals surface area contributed by atoms with Gasteiger partial charge in [0.05, 0.1) is 10.2 Å². The van der Waals surface area contributed by atoms with Crippen molar-refractivity contribution in [3.05, 3.63) is 40.0 Å². The van der Waals surface area contributed by atoms with Crippen molar-refractivity contribution in [2.75, 3.05) is 17.2 Å². The summed E-state index contributed by atoms with van der Waals surface area (Å²) in [5.74, 6) is -0.396. The van der Waals surface area contributed by atoms with Gasteiger partial charge in [0, 0.05) is 24.4 Å². The Kier molecular flexibility index (Phi) is 5.06. The van der Waals surface area contributed by atoms with Gasteiger partial charge < -0.3 is 10.6 Å². The molecule has 2 rings (SSSR count). The van der Waals surface area contributed by atoms with Gasteiger partial charge in [0.25, 0.3) is 0 Å². The third-order valence-electron chi connectivity index (χ3n) is 2.77. The average Bonchev–Trinajstić information content (AvgIpc) is 2.45. The van der Waals surface area contributed by atoms with Crippen molar-refractivity contribution in [2.24, 2.45) is 0 Å². The highest BCUT2D eigenvalue weighted by Crippen LogP contribution is 2.27. The second kappa shape index (κ2) is 6.80. The summed E-state index contributed by atoms with van der Waals surface area (Å²) in [5, 5.41) is 5.92. The Balaban J connectivity index is 2.28. The van der Waals surface area contributed by atoms with Crippen molar-refractivity contribution in [2.45, 2.75) is 20.3 Å². The van der Waals surface area contributed by atoms with Crippen LogP contribution in [0.5, 0.6) is 0 Å². The molecule has 0 saturated carbocycles. The van der Waals surface area contributed by atoms with Gasteiger partial charge in [-0.3, -0.25) is 0 Å². The third kappa shape index (κ3) is 3.87. The normalized spacial score (nSPS) is 10.5. The number of aromatic nitrogens is 2. The first-order chi connectivity index (χ1) is 10.0. The lowest BCUT2D eigenvalue weighted by atomic mass is 10.2. The van der Waals surface area contributed by atoms with Crippen molar-refractivity contribution in [1.29, 1.82) is 0 Å². The van der Waals surface area contributed by atoms with E-state index < -0.39 is 11.6 Å². The van der Waals surface area contributed by atoms with Gasteiger partial charge in [-0.05, 0) is 35.3 Å². The van der Waals surface area contributed by atoms with Crippen LogP contribution in [0.3, 0.4) is 0 Å². The number of hydrogen-bond donors (Lipinski definition) is 2. The molecule has 1 heterocycles. The van der Waals surface area contributed by atoms with Gasteiger partial charge >= 0.3 is 0 Å². The average molecular weight is 357 g/mol. The molecular formula is C14H15BrF2N4. The van der Waals surface area contributed by atoms with E-state index in [1.807, 2.05) is 13.8 Å². The summed E-state index contributed by atoms with van der Waals surface area (Å²) in [7, 11) is 0. The predicted octanol–water partition coefficient (Wildman–Crippen LogP) is 4.39. The first kappa shape index (κ1) is 15.6. The van der Waals surface area contributed by atoms with Gasteiger partial charge in [-0.1, -0.05) is 6.92 Å². The van der Waals surface area contributed by atoms with Crippen molar-refractivity contribution >= 4 is 33.4 Å². The largest absolute Gasteiger partial charge is 0.354 e. The maximum atomic E-state index is 13.8. The summed E-state index contributed by atoms with van der Waals surface area (Å²) in [6.07, 6.45) is 2.59. The Labute approximate surface area is 130 Å². The summed E-state index contributed by atoms with van der Waals surface area (Å²) >= 11 is 3.03. The Morgan fingerprint density at radius 2 is 2.00 bits per heavy atom. The van der Waals surface area contributed by atoms with Crippen LogP contribution >= 0.6 is 15.9 Å². The number of benzene rings is 1. The SMILES string of the molecule is CCCNc1ncc(C)c(Nc2cc(Br)c(F)cc2F)n1. The first-order valence-electron chi connectivity index (χ1n) is 6.50. The standard InChI is InChI=1S/C14H15BrF2N4/c1-3-4-18-14-19-7-8(2)13(21-14)20-12-5-9(15)10(16)6-11(12)17/h5-7H,3-4H2,1-2H3,(H2,18,19,20,21). The lowest BCUT2D eigenvalue weighted by molar-refractivity contribution is 0.581. The molecule has 21 heavy (non-hydrogen) atoms. The van der Waals surface area contributed by atoms with Gasteiger partial charge in [-0.25, -0.2) is 13.8 Å². The minimum atomic E-state index is -0.684. The fraction of sp³-hybridized carbons (Fsp3) is 0.286. The molecule has 1 aromatic heterocycles. The number of nitrogens with zero attached hydrogens (tertiary/aromatic N) is 2. The van der Waals surface area contributed by atoms with Crippen molar-refractivity contribution in [3.63, 3.8) is 0 Å². The maximum Gasteiger partial charge on any atom is 0.224 e. The summed E-state index contributed by atoms with van der Waals surface area (Å²) in [4.78, 5) is 8.44. The van der Waals surface area contributed by atoms with Crippen LogP contribution in [0.4, 0.5) is 26.2 Å². The number of hydrogen-bond acceptors (Lipinski definition) is 4. The van der Waals surface area contributed by atoms with Crippen LogP contribution in [0.1, 0.15) is 18.9 Å². The zero-order chi connectivity index (χ0) is 15.4. The quantitative estimate of drug-likeness (QED) is 0.780. The van der Waals surface area contributed by atoms with Gasteiger partial charge in [0.1, 0.15) is 17.5 Å². The van der Waals surface area contributed by atoms with Gasteiger partial charge in [-0.2, -0.15) is 4.98 Å². The minimum Gasteiger partial charge on any atom is -0.354 e. The summed E-state index contributed by atoms with van der Waals surface area (Å²) in [6.45, 7) is 4.59. The summed E-state index contributed by atoms with van der Waals surface area (Å²) < 4.78 is 27.2. The van der Waals surface area contributed by atoms with Crippen LogP contribution in [0.25, 0.3) is 0 Å². The van der Waals surface area contributed by atoms with E-state index in [4.69, 9.17) is 0 Å². The van der Waals surface area contributed by atoms with Gasteiger partial charge in [-0.15, -0.1) is 0 Å². The number of halogens is 3. The number of anilines is 3. The van der Waals surface area contributed by atoms with Crippen molar-refractivity contribution < 1.29 is 8.78 Å². The zero-order valence-electron chi connectivity index (χ0n) is 11.7. The van der Waals surface area contributed by atoms with Crippen LogP contribution < -0.4 is 10.6 Å². The Hall–Kier alpha value is -1.76. The number of nitrogens with one attached hydrogen (secondary N) is 2. The van der Waals surface area contributed by atoms with Crippen LogP contribution in [-0.4, -0.2) is 16.5 Å². The van der Waals surface area contributed by atoms with E-state index in [-0.39, 0.29) is 10.2 Å². The maximum absolute atomic E-state index is 13.8. The number of aryl methyl sites for hydroxylation is 1. The Morgan fingerprint density at radius 1 is 1.24 bits per heavy atom. The predicted molar refractivity (Wildman–Crippen MR) is 82.9 cm³/mol. The molecule has 2 aromatic rings. The molecule has 0 aliphatic heterocycles. The molecule has 112 valence electrons. The van der Waals surface area contributed by atoms with E-state index in [0.29, 0.717) is 11.8 Å². The third-order valence-corrected chi connectivity index (χ3v) is 3.38. The second-order valence-electron chi connectivity index (χ2n) is 4.52. The fourth-order valence-electron chi connectivity index (χ4n) is 1.64. The minimum absolute atomic E-state index is 0.145. The molecule has 0 amide bonds. The molecular weight excluding hydrogens is 342 g/mol. The van der Waals surface area contributed by atoms with E-state index in [0.717, 1.165) is 24.6 Å². The smallest absolute Gasteiger partial charge is 0.224 e. The highest BCUT2D eigenvalue weighted by atomic mass is 79.9. The van der Waals surface area contributed by atoms with E-state index in [1.54, 1.807) is 6.20 Å². The lowest BCUT2D eigenvalue weighted by Crippen LogP contribution is -2.07. The molecule has 0 radical (unpaired) electrons. The molecule has 4 nitrogen and oxygen atoms in total. The Bertz CT molecular complexity index is 649. The monoisotopic (exact) mass is 356 g/mol. The molecule has 7 heteroatoms. The van der Waals surface area contributed by atoms with Crippen LogP contribution in [0.15, 0.2) is 22.8 Å². The highest BCUT2D eigenvalue weighted by Gasteiger charge is 2.11. The molecule has 0 atom stereocenters. The first-order valence-corrected chi connectivity index (χ1v) is 7.29. The molecule has 1 aromatic carbocycles. The van der Waals surface area contributed by atoms with Crippen LogP contribution in [0.2, 0.25) is 0 Å².